The monoisotopic (exact) mass is 176 g/mol. The van der Waals surface area contributed by atoms with Crippen molar-refractivity contribution in [2.45, 2.75) is 51.9 Å². The Morgan fingerprint density at radius 2 is 2.31 bits per heavy atom. The normalized spacial score (nSPS) is 20.8. The fourth-order valence-corrected chi connectivity index (χ4v) is 1.60. The van der Waals surface area contributed by atoms with Crippen LogP contribution >= 0.6 is 0 Å². The van der Waals surface area contributed by atoms with Crippen molar-refractivity contribution < 1.29 is 0 Å². The summed E-state index contributed by atoms with van der Waals surface area (Å²) in [6, 6.07) is 0. The Labute approximate surface area is 82.4 Å². The molecule has 72 valence electrons. The van der Waals surface area contributed by atoms with Crippen molar-refractivity contribution in [2.24, 2.45) is 5.92 Å². The van der Waals surface area contributed by atoms with E-state index < -0.39 is 0 Å². The summed E-state index contributed by atoms with van der Waals surface area (Å²) in [7, 11) is 0. The molecule has 0 nitrogen and oxygen atoms in total. The summed E-state index contributed by atoms with van der Waals surface area (Å²) in [5.74, 6) is 7.20. The van der Waals surface area contributed by atoms with Gasteiger partial charge in [-0.2, -0.15) is 0 Å². The maximum absolute atomic E-state index is 3.34. The molecule has 0 fully saturated rings. The predicted molar refractivity (Wildman–Crippen MR) is 58.4 cm³/mol. The molecular weight excluding hydrogens is 156 g/mol. The predicted octanol–water partition coefficient (Wildman–Crippen LogP) is 3.93. The Kier molecular flexibility index (Phi) is 5.41. The molecular formula is C13H20. The van der Waals surface area contributed by atoms with Gasteiger partial charge in [-0.05, 0) is 25.7 Å². The molecule has 1 aliphatic rings. The van der Waals surface area contributed by atoms with Crippen LogP contribution in [0.5, 0.6) is 0 Å². The van der Waals surface area contributed by atoms with Gasteiger partial charge in [0.15, 0.2) is 0 Å². The summed E-state index contributed by atoms with van der Waals surface area (Å²) in [4.78, 5) is 0. The zero-order valence-corrected chi connectivity index (χ0v) is 8.68. The van der Waals surface area contributed by atoms with Crippen LogP contribution in [0.15, 0.2) is 12.2 Å². The highest BCUT2D eigenvalue weighted by Gasteiger charge is 2.02. The average molecular weight is 176 g/mol. The van der Waals surface area contributed by atoms with Gasteiger partial charge in [0.05, 0.1) is 0 Å². The minimum absolute atomic E-state index is 0.565. The van der Waals surface area contributed by atoms with E-state index in [-0.39, 0.29) is 0 Å². The first-order valence-electron chi connectivity index (χ1n) is 5.58. The first kappa shape index (κ1) is 10.4. The van der Waals surface area contributed by atoms with Crippen molar-refractivity contribution >= 4 is 0 Å². The molecule has 0 heterocycles. The van der Waals surface area contributed by atoms with Crippen LogP contribution in [-0.2, 0) is 0 Å². The Bertz CT molecular complexity index is 202. The van der Waals surface area contributed by atoms with Gasteiger partial charge in [-0.15, -0.1) is 5.92 Å². The summed E-state index contributed by atoms with van der Waals surface area (Å²) < 4.78 is 0. The first-order chi connectivity index (χ1) is 6.43. The average Bonchev–Trinajstić information content (AvgIpc) is 2.19. The lowest BCUT2D eigenvalue weighted by Gasteiger charge is -2.08. The number of rotatable bonds is 3. The molecule has 0 aromatic rings. The van der Waals surface area contributed by atoms with Crippen molar-refractivity contribution in [3.8, 4) is 11.8 Å². The zero-order valence-electron chi connectivity index (χ0n) is 8.68. The molecule has 1 atom stereocenters. The molecule has 0 heteroatoms. The van der Waals surface area contributed by atoms with Crippen molar-refractivity contribution in [2.75, 3.05) is 0 Å². The summed E-state index contributed by atoms with van der Waals surface area (Å²) in [6.07, 6.45) is 13.4. The molecule has 0 N–H and O–H groups in total. The Balaban J connectivity index is 2.14. The topological polar surface area (TPSA) is 0 Å². The van der Waals surface area contributed by atoms with E-state index in [2.05, 4.69) is 30.9 Å². The van der Waals surface area contributed by atoms with Crippen LogP contribution in [-0.4, -0.2) is 0 Å². The minimum atomic E-state index is 0.565. The number of unbranched alkanes of at least 4 members (excludes halogenated alkanes) is 3. The second-order valence-electron chi connectivity index (χ2n) is 3.74. The Hall–Kier alpha value is -0.700. The molecule has 1 unspecified atom stereocenters. The molecule has 1 aliphatic carbocycles. The van der Waals surface area contributed by atoms with Crippen LogP contribution in [0.3, 0.4) is 0 Å². The van der Waals surface area contributed by atoms with E-state index in [9.17, 15) is 0 Å². The van der Waals surface area contributed by atoms with Gasteiger partial charge in [-0.25, -0.2) is 0 Å². The van der Waals surface area contributed by atoms with Gasteiger partial charge < -0.3 is 0 Å². The van der Waals surface area contributed by atoms with E-state index in [1.54, 1.807) is 0 Å². The number of hydrogen-bond donors (Lipinski definition) is 0. The molecule has 1 rings (SSSR count). The molecule has 0 spiro atoms. The standard InChI is InChI=1S/C13H20/c1-2-3-4-5-7-10-13-11-8-6-9-12-13/h8,11,13H,2-6,9,12H2,1H3. The Morgan fingerprint density at radius 3 is 3.00 bits per heavy atom. The lowest BCUT2D eigenvalue weighted by atomic mass is 9.96. The van der Waals surface area contributed by atoms with Crippen LogP contribution in [0.4, 0.5) is 0 Å². The molecule has 0 aromatic heterocycles. The summed E-state index contributed by atoms with van der Waals surface area (Å²) in [5.41, 5.74) is 0. The van der Waals surface area contributed by atoms with Gasteiger partial charge in [0, 0.05) is 12.3 Å². The second-order valence-corrected chi connectivity index (χ2v) is 3.74. The largest absolute Gasteiger partial charge is 0.103 e. The van der Waals surface area contributed by atoms with Crippen LogP contribution in [0.1, 0.15) is 51.9 Å². The molecule has 0 aromatic carbocycles. The zero-order chi connectivity index (χ0) is 9.36. The van der Waals surface area contributed by atoms with E-state index >= 15 is 0 Å². The molecule has 0 saturated heterocycles. The molecule has 0 aliphatic heterocycles. The highest BCUT2D eigenvalue weighted by molar-refractivity contribution is 5.12. The summed E-state index contributed by atoms with van der Waals surface area (Å²) in [6.45, 7) is 2.23. The fourth-order valence-electron chi connectivity index (χ4n) is 1.60. The van der Waals surface area contributed by atoms with E-state index in [0.717, 1.165) is 6.42 Å². The van der Waals surface area contributed by atoms with Crippen molar-refractivity contribution in [1.29, 1.82) is 0 Å². The highest BCUT2D eigenvalue weighted by atomic mass is 14.1. The maximum atomic E-state index is 3.34. The van der Waals surface area contributed by atoms with Crippen molar-refractivity contribution in [3.05, 3.63) is 12.2 Å². The molecule has 0 radical (unpaired) electrons. The van der Waals surface area contributed by atoms with Crippen LogP contribution in [0, 0.1) is 17.8 Å². The third kappa shape index (κ3) is 4.78. The van der Waals surface area contributed by atoms with Crippen molar-refractivity contribution in [1.82, 2.24) is 0 Å². The van der Waals surface area contributed by atoms with Gasteiger partial charge in [0.1, 0.15) is 0 Å². The van der Waals surface area contributed by atoms with Gasteiger partial charge in [0.2, 0.25) is 0 Å². The summed E-state index contributed by atoms with van der Waals surface area (Å²) >= 11 is 0. The minimum Gasteiger partial charge on any atom is -0.103 e. The fraction of sp³-hybridized carbons (Fsp3) is 0.692. The van der Waals surface area contributed by atoms with E-state index in [0.29, 0.717) is 5.92 Å². The van der Waals surface area contributed by atoms with E-state index in [1.165, 1.54) is 38.5 Å². The third-order valence-corrected chi connectivity index (χ3v) is 2.45. The van der Waals surface area contributed by atoms with E-state index in [1.807, 2.05) is 0 Å². The number of allylic oxidation sites excluding steroid dienone is 2. The van der Waals surface area contributed by atoms with Crippen molar-refractivity contribution in [3.63, 3.8) is 0 Å². The maximum Gasteiger partial charge on any atom is 0.0382 e. The molecule has 13 heavy (non-hydrogen) atoms. The SMILES string of the molecule is CCCCCC#CC1C=CCCC1. The highest BCUT2D eigenvalue weighted by Crippen LogP contribution is 2.15. The van der Waals surface area contributed by atoms with Crippen LogP contribution in [0.25, 0.3) is 0 Å². The van der Waals surface area contributed by atoms with Gasteiger partial charge in [-0.1, -0.05) is 37.8 Å². The molecule has 0 saturated carbocycles. The Morgan fingerprint density at radius 1 is 1.38 bits per heavy atom. The van der Waals surface area contributed by atoms with Gasteiger partial charge >= 0.3 is 0 Å². The smallest absolute Gasteiger partial charge is 0.0382 e. The van der Waals surface area contributed by atoms with E-state index in [4.69, 9.17) is 0 Å². The molecule has 0 amide bonds. The lowest BCUT2D eigenvalue weighted by Crippen LogP contribution is -1.96. The quantitative estimate of drug-likeness (QED) is 0.347. The number of hydrogen-bond acceptors (Lipinski definition) is 0. The van der Waals surface area contributed by atoms with Gasteiger partial charge in [-0.3, -0.25) is 0 Å². The molecule has 0 bridgehead atoms. The third-order valence-electron chi connectivity index (χ3n) is 2.45. The van der Waals surface area contributed by atoms with Gasteiger partial charge in [0.25, 0.3) is 0 Å². The lowest BCUT2D eigenvalue weighted by molar-refractivity contribution is 0.644. The summed E-state index contributed by atoms with van der Waals surface area (Å²) in [5, 5.41) is 0. The first-order valence-corrected chi connectivity index (χ1v) is 5.58. The second kappa shape index (κ2) is 6.78. The van der Waals surface area contributed by atoms with Crippen LogP contribution in [0.2, 0.25) is 0 Å². The van der Waals surface area contributed by atoms with Crippen LogP contribution < -0.4 is 0 Å².